The fourth-order valence-corrected chi connectivity index (χ4v) is 12.2. The zero-order valence-corrected chi connectivity index (χ0v) is 30.6. The maximum atomic E-state index is 14.4. The Hall–Kier alpha value is -7.42. The monoisotopic (exact) mass is 734 g/mol. The lowest BCUT2D eigenvalue weighted by Gasteiger charge is -2.20. The molecule has 15 aromatic rings. The molecule has 0 fully saturated rings. The van der Waals surface area contributed by atoms with E-state index in [4.69, 9.17) is 0 Å². The van der Waals surface area contributed by atoms with E-state index in [0.717, 1.165) is 22.3 Å². The highest BCUT2D eigenvalue weighted by atomic mass is 19.2. The number of rotatable bonds is 0. The summed E-state index contributed by atoms with van der Waals surface area (Å²) in [6, 6.07) is 53.0. The summed E-state index contributed by atoms with van der Waals surface area (Å²) in [4.78, 5) is 0. The van der Waals surface area contributed by atoms with Gasteiger partial charge in [0.25, 0.3) is 0 Å². The average molecular weight is 735 g/mol. The van der Waals surface area contributed by atoms with Crippen LogP contribution in [-0.2, 0) is 0 Å². The minimum absolute atomic E-state index is 0.709. The summed E-state index contributed by atoms with van der Waals surface area (Å²) < 4.78 is 28.7. The minimum atomic E-state index is -0.818. The lowest BCUT2D eigenvalue weighted by Crippen LogP contribution is -1.91. The molecule has 2 heteroatoms. The highest BCUT2D eigenvalue weighted by Gasteiger charge is 2.27. The van der Waals surface area contributed by atoms with Crippen LogP contribution in [0.15, 0.2) is 146 Å². The van der Waals surface area contributed by atoms with Gasteiger partial charge in [0, 0.05) is 0 Å². The zero-order chi connectivity index (χ0) is 37.4. The molecule has 16 rings (SSSR count). The molecule has 0 amide bonds. The van der Waals surface area contributed by atoms with Crippen molar-refractivity contribution in [2.75, 3.05) is 0 Å². The molecule has 58 heavy (non-hydrogen) atoms. The Kier molecular flexibility index (Phi) is 4.60. The van der Waals surface area contributed by atoms with Gasteiger partial charge in [0.1, 0.15) is 0 Å². The van der Waals surface area contributed by atoms with Gasteiger partial charge in [-0.05, 0) is 199 Å². The van der Waals surface area contributed by atoms with Gasteiger partial charge in [0.2, 0.25) is 0 Å². The van der Waals surface area contributed by atoms with Crippen molar-refractivity contribution in [3.05, 3.63) is 157 Å². The molecule has 0 heterocycles. The van der Waals surface area contributed by atoms with Gasteiger partial charge in [0.15, 0.2) is 11.6 Å². The van der Waals surface area contributed by atoms with E-state index in [1.165, 1.54) is 141 Å². The topological polar surface area (TPSA) is 0 Å². The van der Waals surface area contributed by atoms with Gasteiger partial charge >= 0.3 is 0 Å². The third kappa shape index (κ3) is 3.03. The summed E-state index contributed by atoms with van der Waals surface area (Å²) in [5.74, 6) is -1.64. The third-order valence-electron chi connectivity index (χ3n) is 14.5. The van der Waals surface area contributed by atoms with Crippen LogP contribution in [0, 0.1) is 11.6 Å². The molecule has 0 saturated heterocycles. The molecule has 0 bridgehead atoms. The second-order valence-corrected chi connectivity index (χ2v) is 16.9. The van der Waals surface area contributed by atoms with E-state index in [2.05, 4.69) is 121 Å². The maximum absolute atomic E-state index is 14.4. The van der Waals surface area contributed by atoms with Crippen LogP contribution in [0.2, 0.25) is 0 Å². The van der Waals surface area contributed by atoms with Crippen molar-refractivity contribution in [1.29, 1.82) is 0 Å². The first-order valence-corrected chi connectivity index (χ1v) is 20.0. The predicted molar refractivity (Wildman–Crippen MR) is 243 cm³/mol. The summed E-state index contributed by atoms with van der Waals surface area (Å²) in [7, 11) is 0. The van der Waals surface area contributed by atoms with E-state index in [1.54, 1.807) is 0 Å². The van der Waals surface area contributed by atoms with E-state index in [0.29, 0.717) is 10.8 Å². The first kappa shape index (κ1) is 28.9. The van der Waals surface area contributed by atoms with E-state index < -0.39 is 11.6 Å². The lowest BCUT2D eigenvalue weighted by atomic mass is 9.83. The first-order valence-electron chi connectivity index (χ1n) is 20.0. The van der Waals surface area contributed by atoms with Crippen LogP contribution in [0.5, 0.6) is 0 Å². The summed E-state index contributed by atoms with van der Waals surface area (Å²) in [5, 5.41) is 32.7. The highest BCUT2D eigenvalue weighted by Crippen LogP contribution is 2.55. The van der Waals surface area contributed by atoms with Crippen LogP contribution >= 0.6 is 0 Å². The smallest absolute Gasteiger partial charge is 0.159 e. The lowest BCUT2D eigenvalue weighted by molar-refractivity contribution is 0.511. The molecule has 15 aromatic carbocycles. The van der Waals surface area contributed by atoms with Crippen molar-refractivity contribution in [3.63, 3.8) is 0 Å². The van der Waals surface area contributed by atoms with E-state index in [1.807, 2.05) is 12.1 Å². The molecule has 1 aliphatic rings. The number of hydrogen-bond acceptors (Lipinski definition) is 0. The maximum Gasteiger partial charge on any atom is 0.159 e. The highest BCUT2D eigenvalue weighted by molar-refractivity contribution is 6.47. The Morgan fingerprint density at radius 1 is 0.207 bits per heavy atom. The van der Waals surface area contributed by atoms with Crippen molar-refractivity contribution in [2.45, 2.75) is 0 Å². The molecule has 0 aliphatic heterocycles. The van der Waals surface area contributed by atoms with Gasteiger partial charge < -0.3 is 0 Å². The van der Waals surface area contributed by atoms with Gasteiger partial charge in [-0.2, -0.15) is 0 Å². The summed E-state index contributed by atoms with van der Waals surface area (Å²) in [5.41, 5.74) is 4.44. The Bertz CT molecular complexity index is 4170. The molecule has 0 N–H and O–H groups in total. The second-order valence-electron chi connectivity index (χ2n) is 16.9. The molecule has 0 unspecified atom stereocenters. The molecule has 0 aromatic heterocycles. The van der Waals surface area contributed by atoms with Crippen LogP contribution in [-0.4, -0.2) is 0 Å². The molecule has 262 valence electrons. The van der Waals surface area contributed by atoms with Crippen molar-refractivity contribution in [3.8, 4) is 22.3 Å². The molecule has 0 nitrogen and oxygen atoms in total. The van der Waals surface area contributed by atoms with Crippen molar-refractivity contribution in [1.82, 2.24) is 0 Å². The predicted octanol–water partition coefficient (Wildman–Crippen LogP) is 16.4. The Morgan fingerprint density at radius 2 is 0.517 bits per heavy atom. The van der Waals surface area contributed by atoms with Gasteiger partial charge in [-0.15, -0.1) is 0 Å². The quantitative estimate of drug-likeness (QED) is 0.107. The normalized spacial score (nSPS) is 13.3. The zero-order valence-electron chi connectivity index (χ0n) is 30.6. The third-order valence-corrected chi connectivity index (χ3v) is 14.5. The number of halogens is 2. The molecule has 0 spiro atoms. The Morgan fingerprint density at radius 3 is 0.897 bits per heavy atom. The first-order chi connectivity index (χ1) is 28.6. The largest absolute Gasteiger partial charge is 0.204 e. The summed E-state index contributed by atoms with van der Waals surface area (Å²) in [6.45, 7) is 0. The summed E-state index contributed by atoms with van der Waals surface area (Å²) >= 11 is 0. The SMILES string of the molecule is Fc1cc2cc3c(cc2cc1F)-c1ccc2c4ccc5c6ccc7c8cc9c(cc8c8ccc(c%10ccc(c%11ccc-3c1c%112)c4c%105)c6c87)c1cccc2cccc9c21. The van der Waals surface area contributed by atoms with Gasteiger partial charge in [-0.3, -0.25) is 0 Å². The second kappa shape index (κ2) is 9.23. The Labute approximate surface area is 327 Å². The van der Waals surface area contributed by atoms with E-state index >= 15 is 0 Å². The van der Waals surface area contributed by atoms with Crippen molar-refractivity contribution >= 4 is 140 Å². The van der Waals surface area contributed by atoms with Gasteiger partial charge in [-0.1, -0.05) is 109 Å². The van der Waals surface area contributed by atoms with Crippen LogP contribution in [0.3, 0.4) is 0 Å². The van der Waals surface area contributed by atoms with E-state index in [-0.39, 0.29) is 0 Å². The van der Waals surface area contributed by atoms with Crippen LogP contribution < -0.4 is 0 Å². The molecule has 0 saturated carbocycles. The fraction of sp³-hybridized carbons (Fsp3) is 0. The standard InChI is InChI=1S/C56H24F2/c57-48-21-26-19-42-38-15-11-34-30-7-9-32-36-13-17-40-46-23-44-28-5-1-3-25-4-2-6-29(50(25)28)45(44)24-47(46)41-18-14-37(54(36)56(40)41)33-10-8-31(51(30)52(32)33)35-12-16-39(55(38)53(34)35)43(42)20-27(26)22-49(48)58/h1-24H. The van der Waals surface area contributed by atoms with Gasteiger partial charge in [-0.25, -0.2) is 8.78 Å². The number of hydrogen-bond donors (Lipinski definition) is 0. The number of benzene rings is 13. The molecular formula is C56H24F2. The van der Waals surface area contributed by atoms with Crippen LogP contribution in [0.1, 0.15) is 0 Å². The average Bonchev–Trinajstić information content (AvgIpc) is 3.87. The van der Waals surface area contributed by atoms with Crippen LogP contribution in [0.4, 0.5) is 8.78 Å². The van der Waals surface area contributed by atoms with E-state index in [9.17, 15) is 8.78 Å². The minimum Gasteiger partial charge on any atom is -0.204 e. The Balaban J connectivity index is 1.01. The summed E-state index contributed by atoms with van der Waals surface area (Å²) in [6.07, 6.45) is 0. The molecular weight excluding hydrogens is 711 g/mol. The fourth-order valence-electron chi connectivity index (χ4n) is 12.2. The molecule has 1 aliphatic carbocycles. The van der Waals surface area contributed by atoms with Gasteiger partial charge in [0.05, 0.1) is 0 Å². The van der Waals surface area contributed by atoms with Crippen molar-refractivity contribution < 1.29 is 8.78 Å². The molecule has 0 atom stereocenters. The van der Waals surface area contributed by atoms with Crippen LogP contribution in [0.25, 0.3) is 162 Å². The molecule has 0 radical (unpaired) electrons. The number of fused-ring (bicyclic) bond motifs is 14. The van der Waals surface area contributed by atoms with Crippen molar-refractivity contribution in [2.24, 2.45) is 0 Å².